The van der Waals surface area contributed by atoms with Gasteiger partial charge >= 0.3 is 0 Å². The summed E-state index contributed by atoms with van der Waals surface area (Å²) >= 11 is 0. The fraction of sp³-hybridized carbons (Fsp3) is 0.714. The third-order valence-corrected chi connectivity index (χ3v) is 12.5. The molecule has 1 aliphatic carbocycles. The number of piperazine rings is 3. The predicted octanol–water partition coefficient (Wildman–Crippen LogP) is 4.11. The molecular weight excluding hydrogens is 639 g/mol. The van der Waals surface area contributed by atoms with E-state index >= 15 is 0 Å². The maximum absolute atomic E-state index is 13.7. The highest BCUT2D eigenvalue weighted by atomic mass is 32.2. The molecule has 1 aromatic carbocycles. The van der Waals surface area contributed by atoms with Crippen LogP contribution in [0, 0.1) is 5.41 Å². The second-order valence-electron chi connectivity index (χ2n) is 14.3. The molecule has 3 fully saturated rings. The number of unbranched alkanes of at least 4 members (excludes halogenated alkanes) is 3. The van der Waals surface area contributed by atoms with Gasteiger partial charge in [0.25, 0.3) is 0 Å². The number of quaternary nitrogens is 1. The molecule has 4 heterocycles. The van der Waals surface area contributed by atoms with E-state index in [-0.39, 0.29) is 11.7 Å². The molecule has 3 saturated heterocycles. The fourth-order valence-electron chi connectivity index (χ4n) is 7.98. The van der Waals surface area contributed by atoms with Gasteiger partial charge in [0.15, 0.2) is 9.84 Å². The lowest BCUT2D eigenvalue weighted by Crippen LogP contribution is -2.67. The summed E-state index contributed by atoms with van der Waals surface area (Å²) in [5.74, 6) is 0.665. The SMILES string of the molecule is CCCCC1(CCCC)CS(=O)(=O)C2=C1[C@H](O)[C@@H](c1ccc(OCCCC[N+]34CCN(CC3)CC4)cc1)C=C2N(C)C.CS(=O)(=O)[O-]. The van der Waals surface area contributed by atoms with Gasteiger partial charge in [0.1, 0.15) is 5.75 Å². The van der Waals surface area contributed by atoms with Crippen LogP contribution in [-0.2, 0) is 20.0 Å². The lowest BCUT2D eigenvalue weighted by Gasteiger charge is -2.50. The Bertz CT molecular complexity index is 1450. The van der Waals surface area contributed by atoms with E-state index in [4.69, 9.17) is 17.7 Å². The van der Waals surface area contributed by atoms with Gasteiger partial charge in [-0.15, -0.1) is 0 Å². The third kappa shape index (κ3) is 9.39. The minimum atomic E-state index is -3.92. The monoisotopic (exact) mass is 695 g/mol. The third-order valence-electron chi connectivity index (χ3n) is 10.5. The molecule has 0 amide bonds. The maximum atomic E-state index is 13.7. The quantitative estimate of drug-likeness (QED) is 0.174. The van der Waals surface area contributed by atoms with Crippen molar-refractivity contribution in [1.29, 1.82) is 0 Å². The van der Waals surface area contributed by atoms with Gasteiger partial charge in [0.05, 0.1) is 65.4 Å². The van der Waals surface area contributed by atoms with Crippen LogP contribution in [0.5, 0.6) is 5.75 Å². The molecule has 4 aliphatic heterocycles. The van der Waals surface area contributed by atoms with E-state index in [0.717, 1.165) is 67.5 Å². The van der Waals surface area contributed by atoms with Gasteiger partial charge in [-0.1, -0.05) is 51.7 Å². The minimum absolute atomic E-state index is 0.116. The normalized spacial score (nSPS) is 27.5. The van der Waals surface area contributed by atoms with Crippen LogP contribution in [0.25, 0.3) is 0 Å². The number of hydrogen-bond acceptors (Lipinski definition) is 9. The Kier molecular flexibility index (Phi) is 12.7. The standard InChI is InChI=1S/C34H54N3O4S.CH4O3S/c1-5-7-15-34(16-8-6-2)26-42(39,40)33-30(35(3)4)25-29(32(38)31(33)34)27-11-13-28(14-12-27)41-24-10-9-20-37-21-17-36(18-22-37)19-23-37;1-5(2,3)4/h11-14,25,29,32,38H,5-10,15-24,26H2,1-4H3;1H3,(H,2,3,4)/q+1;/p-1/t29-,32-;/m1./s1. The van der Waals surface area contributed by atoms with E-state index in [2.05, 4.69) is 18.7 Å². The van der Waals surface area contributed by atoms with Crippen molar-refractivity contribution in [2.24, 2.45) is 5.41 Å². The average Bonchev–Trinajstić information content (AvgIpc) is 3.26. The summed E-state index contributed by atoms with van der Waals surface area (Å²) < 4.78 is 62.1. The molecule has 0 aromatic heterocycles. The molecule has 0 unspecified atom stereocenters. The molecule has 47 heavy (non-hydrogen) atoms. The number of benzene rings is 1. The molecule has 1 aromatic rings. The molecule has 0 radical (unpaired) electrons. The van der Waals surface area contributed by atoms with Crippen molar-refractivity contribution in [2.45, 2.75) is 77.2 Å². The van der Waals surface area contributed by atoms with Gasteiger partial charge in [0.2, 0.25) is 0 Å². The smallest absolute Gasteiger partial charge is 0.181 e. The van der Waals surface area contributed by atoms with Crippen LogP contribution in [0.3, 0.4) is 0 Å². The van der Waals surface area contributed by atoms with Crippen LogP contribution >= 0.6 is 0 Å². The molecule has 1 N–H and O–H groups in total. The zero-order valence-corrected chi connectivity index (χ0v) is 30.8. The Morgan fingerprint density at radius 2 is 1.55 bits per heavy atom. The summed E-state index contributed by atoms with van der Waals surface area (Å²) in [6.45, 7) is 14.0. The Morgan fingerprint density at radius 3 is 2.06 bits per heavy atom. The molecular formula is C35H57N3O7S2. The van der Waals surface area contributed by atoms with Gasteiger partial charge in [-0.2, -0.15) is 0 Å². The lowest BCUT2D eigenvalue weighted by molar-refractivity contribution is -0.941. The number of ether oxygens (including phenoxy) is 1. The molecule has 10 nitrogen and oxygen atoms in total. The summed E-state index contributed by atoms with van der Waals surface area (Å²) in [4.78, 5) is 4.89. The van der Waals surface area contributed by atoms with E-state index in [1.54, 1.807) is 0 Å². The van der Waals surface area contributed by atoms with E-state index in [1.807, 2.05) is 49.3 Å². The molecule has 2 bridgehead atoms. The molecule has 266 valence electrons. The van der Waals surface area contributed by atoms with Crippen LogP contribution in [0.4, 0.5) is 0 Å². The zero-order valence-electron chi connectivity index (χ0n) is 29.1. The molecule has 5 aliphatic rings. The molecule has 2 atom stereocenters. The van der Waals surface area contributed by atoms with Gasteiger partial charge in [-0.05, 0) is 55.0 Å². The summed E-state index contributed by atoms with van der Waals surface area (Å²) in [5, 5.41) is 12.0. The number of hydrogen-bond donors (Lipinski definition) is 1. The number of fused-ring (bicyclic) bond motifs is 3. The van der Waals surface area contributed by atoms with Gasteiger partial charge in [-0.3, -0.25) is 4.90 Å². The van der Waals surface area contributed by atoms with Gasteiger partial charge in [-0.25, -0.2) is 16.8 Å². The highest BCUT2D eigenvalue weighted by Crippen LogP contribution is 2.55. The maximum Gasteiger partial charge on any atom is 0.181 e. The van der Waals surface area contributed by atoms with E-state index in [1.165, 1.54) is 56.7 Å². The first-order valence-electron chi connectivity index (χ1n) is 17.4. The second-order valence-corrected chi connectivity index (χ2v) is 17.6. The minimum Gasteiger partial charge on any atom is -0.748 e. The van der Waals surface area contributed by atoms with Crippen LogP contribution in [0.1, 0.15) is 76.7 Å². The number of likely N-dealkylation sites (N-methyl/N-ethyl adjacent to an activating group) is 1. The van der Waals surface area contributed by atoms with E-state index in [0.29, 0.717) is 17.8 Å². The number of sulfone groups is 1. The zero-order chi connectivity index (χ0) is 34.5. The first-order valence-corrected chi connectivity index (χ1v) is 20.9. The van der Waals surface area contributed by atoms with Crippen LogP contribution in [0.15, 0.2) is 46.5 Å². The van der Waals surface area contributed by atoms with Crippen molar-refractivity contribution in [3.63, 3.8) is 0 Å². The summed E-state index contributed by atoms with van der Waals surface area (Å²) in [6.07, 6.45) is 9.51. The van der Waals surface area contributed by atoms with Crippen LogP contribution in [0.2, 0.25) is 0 Å². The lowest BCUT2D eigenvalue weighted by atomic mass is 9.67. The molecule has 12 heteroatoms. The highest BCUT2D eigenvalue weighted by Gasteiger charge is 2.54. The second kappa shape index (κ2) is 15.7. The Hall–Kier alpha value is -1.96. The number of rotatable bonds is 14. The predicted molar refractivity (Wildman–Crippen MR) is 186 cm³/mol. The van der Waals surface area contributed by atoms with Gasteiger partial charge < -0.3 is 23.8 Å². The van der Waals surface area contributed by atoms with E-state index < -0.39 is 31.5 Å². The Labute approximate surface area is 283 Å². The van der Waals surface area contributed by atoms with Crippen molar-refractivity contribution >= 4 is 20.0 Å². The summed E-state index contributed by atoms with van der Waals surface area (Å²) in [5.41, 5.74) is 1.98. The number of aliphatic hydroxyl groups excluding tert-OH is 1. The number of nitrogens with zero attached hydrogens (tertiary/aromatic N) is 3. The van der Waals surface area contributed by atoms with Crippen LogP contribution < -0.4 is 4.74 Å². The number of aliphatic hydroxyl groups is 1. The van der Waals surface area contributed by atoms with Crippen molar-refractivity contribution in [3.8, 4) is 5.75 Å². The van der Waals surface area contributed by atoms with Crippen LogP contribution in [-0.4, -0.2) is 125 Å². The van der Waals surface area contributed by atoms with Crippen molar-refractivity contribution in [1.82, 2.24) is 9.80 Å². The average molecular weight is 696 g/mol. The van der Waals surface area contributed by atoms with Crippen molar-refractivity contribution in [3.05, 3.63) is 52.1 Å². The molecule has 6 rings (SSSR count). The topological polar surface area (TPSA) is 127 Å². The largest absolute Gasteiger partial charge is 0.748 e. The summed E-state index contributed by atoms with van der Waals surface area (Å²) in [7, 11) is -3.59. The van der Waals surface area contributed by atoms with Gasteiger partial charge in [0, 0.05) is 51.3 Å². The van der Waals surface area contributed by atoms with E-state index in [9.17, 15) is 13.5 Å². The van der Waals surface area contributed by atoms with Crippen molar-refractivity contribution in [2.75, 3.05) is 78.5 Å². The molecule has 0 saturated carbocycles. The first-order chi connectivity index (χ1) is 22.1. The highest BCUT2D eigenvalue weighted by molar-refractivity contribution is 7.95. The fourth-order valence-corrected chi connectivity index (χ4v) is 10.5. The Balaban J connectivity index is 0.000000930. The summed E-state index contributed by atoms with van der Waals surface area (Å²) in [6, 6.07) is 8.11. The Morgan fingerprint density at radius 1 is 1.00 bits per heavy atom. The first kappa shape index (κ1) is 37.9. The van der Waals surface area contributed by atoms with Crippen molar-refractivity contribution < 1.29 is 35.7 Å². The molecule has 0 spiro atoms.